The smallest absolute Gasteiger partial charge is 0.319 e. The average molecular weight is 408 g/mol. The molecule has 138 valence electrons. The van der Waals surface area contributed by atoms with Crippen LogP contribution in [0.4, 0.5) is 5.13 Å². The summed E-state index contributed by atoms with van der Waals surface area (Å²) in [5, 5.41) is 3.56. The number of halogens is 1. The van der Waals surface area contributed by atoms with Crippen LogP contribution in [-0.2, 0) is 20.8 Å². The molecule has 2 aromatic rings. The molecule has 11 heteroatoms. The minimum Gasteiger partial charge on any atom is -0.495 e. The molecule has 1 atom stereocenters. The van der Waals surface area contributed by atoms with Crippen LogP contribution in [0.25, 0.3) is 10.2 Å². The number of benzene rings is 1. The van der Waals surface area contributed by atoms with Gasteiger partial charge < -0.3 is 14.8 Å². The summed E-state index contributed by atoms with van der Waals surface area (Å²) in [6.07, 6.45) is 0. The average Bonchev–Trinajstić information content (AvgIpc) is 2.99. The predicted octanol–water partition coefficient (Wildman–Crippen LogP) is 2.05. The zero-order chi connectivity index (χ0) is 18.4. The summed E-state index contributed by atoms with van der Waals surface area (Å²) >= 11 is 5.21. The molecule has 1 aromatic carbocycles. The van der Waals surface area contributed by atoms with Gasteiger partial charge in [0.15, 0.2) is 5.13 Å². The van der Waals surface area contributed by atoms with Gasteiger partial charge in [-0.15, -0.1) is 0 Å². The van der Waals surface area contributed by atoms with Gasteiger partial charge in [0.2, 0.25) is 0 Å². The number of anilines is 1. The van der Waals surface area contributed by atoms with Gasteiger partial charge in [-0.25, -0.2) is 13.5 Å². The monoisotopic (exact) mass is 407 g/mol. The zero-order valence-corrected chi connectivity index (χ0v) is 16.0. The first-order valence-corrected chi connectivity index (χ1v) is 9.61. The molecule has 0 radical (unpaired) electrons. The molecule has 1 unspecified atom stereocenters. The zero-order valence-electron chi connectivity index (χ0n) is 13.7. The lowest BCUT2D eigenvalue weighted by atomic mass is 10.3. The molecule has 0 aliphatic heterocycles. The van der Waals surface area contributed by atoms with Crippen LogP contribution in [0.5, 0.6) is 5.75 Å². The molecule has 0 amide bonds. The summed E-state index contributed by atoms with van der Waals surface area (Å²) < 4.78 is 33.1. The molecule has 0 aliphatic rings. The fourth-order valence-corrected chi connectivity index (χ4v) is 3.99. The Kier molecular flexibility index (Phi) is 7.38. The molecule has 1 heterocycles. The van der Waals surface area contributed by atoms with Crippen molar-refractivity contribution in [2.75, 3.05) is 37.7 Å². The number of esters is 1. The number of nitrogens with zero attached hydrogens (tertiary/aromatic N) is 2. The van der Waals surface area contributed by atoms with E-state index in [1.165, 1.54) is 22.8 Å². The van der Waals surface area contributed by atoms with Crippen molar-refractivity contribution in [3.05, 3.63) is 17.2 Å². The highest BCUT2D eigenvalue weighted by atomic mass is 35.5. The van der Waals surface area contributed by atoms with E-state index in [1.807, 2.05) is 0 Å². The second-order valence-electron chi connectivity index (χ2n) is 4.74. The van der Waals surface area contributed by atoms with Gasteiger partial charge in [0.1, 0.15) is 16.3 Å². The van der Waals surface area contributed by atoms with Crippen molar-refractivity contribution in [2.24, 2.45) is 0 Å². The Morgan fingerprint density at radius 2 is 2.28 bits per heavy atom. The highest BCUT2D eigenvalue weighted by Gasteiger charge is 2.19. The third kappa shape index (κ3) is 5.02. The maximum Gasteiger partial charge on any atom is 0.319 e. The van der Waals surface area contributed by atoms with E-state index in [0.29, 0.717) is 34.6 Å². The third-order valence-corrected chi connectivity index (χ3v) is 5.40. The van der Waals surface area contributed by atoms with E-state index in [4.69, 9.17) is 21.1 Å². The molecule has 25 heavy (non-hydrogen) atoms. The molecular weight excluding hydrogens is 390 g/mol. The Morgan fingerprint density at radius 1 is 1.52 bits per heavy atom. The van der Waals surface area contributed by atoms with Gasteiger partial charge in [-0.1, -0.05) is 22.9 Å². The number of fused-ring (bicyclic) bond motifs is 1. The largest absolute Gasteiger partial charge is 0.495 e. The number of nitrogens with one attached hydrogen (secondary N) is 1. The van der Waals surface area contributed by atoms with Crippen molar-refractivity contribution in [1.29, 1.82) is 0 Å². The van der Waals surface area contributed by atoms with E-state index in [-0.39, 0.29) is 19.1 Å². The number of carbonyl (C=O) groups is 1. The lowest BCUT2D eigenvalue weighted by molar-refractivity contribution is -0.141. The maximum absolute atomic E-state index is 11.6. The van der Waals surface area contributed by atoms with E-state index >= 15 is 0 Å². The van der Waals surface area contributed by atoms with Crippen LogP contribution in [0.2, 0.25) is 5.02 Å². The Labute approximate surface area is 156 Å². The summed E-state index contributed by atoms with van der Waals surface area (Å²) in [5.41, 5.74) is 0.510. The maximum atomic E-state index is 11.6. The van der Waals surface area contributed by atoms with Gasteiger partial charge in [-0.2, -0.15) is 0 Å². The normalized spacial score (nSPS) is 12.2. The molecule has 2 N–H and O–H groups in total. The van der Waals surface area contributed by atoms with E-state index in [0.717, 1.165) is 4.70 Å². The van der Waals surface area contributed by atoms with Gasteiger partial charge in [0, 0.05) is 13.1 Å². The molecule has 8 nitrogen and oxygen atoms in total. The summed E-state index contributed by atoms with van der Waals surface area (Å²) in [7, 11) is 1.50. The van der Waals surface area contributed by atoms with Gasteiger partial charge in [0.05, 0.1) is 25.0 Å². The number of hydrogen-bond donors (Lipinski definition) is 2. The van der Waals surface area contributed by atoms with Gasteiger partial charge in [-0.3, -0.25) is 9.35 Å². The van der Waals surface area contributed by atoms with E-state index in [1.54, 1.807) is 19.1 Å². The van der Waals surface area contributed by atoms with E-state index in [2.05, 4.69) is 10.3 Å². The molecule has 1 aromatic heterocycles. The summed E-state index contributed by atoms with van der Waals surface area (Å²) in [6.45, 7) is 2.54. The summed E-state index contributed by atoms with van der Waals surface area (Å²) in [4.78, 5) is 15.6. The minimum atomic E-state index is -2.26. The Balaban J connectivity index is 2.09. The molecule has 0 saturated heterocycles. The second kappa shape index (κ2) is 9.30. The fraction of sp³-hybridized carbons (Fsp3) is 0.429. The van der Waals surface area contributed by atoms with Gasteiger partial charge in [0.25, 0.3) is 11.3 Å². The van der Waals surface area contributed by atoms with Crippen molar-refractivity contribution in [3.8, 4) is 5.75 Å². The van der Waals surface area contributed by atoms with Crippen LogP contribution in [-0.4, -0.2) is 53.1 Å². The van der Waals surface area contributed by atoms with Crippen LogP contribution in [0.1, 0.15) is 6.92 Å². The SMILES string of the molecule is CCOC(=O)CNCCN(c1nc2c(Cl)c(OC)ccc2s1)S(=O)O. The molecule has 0 spiro atoms. The van der Waals surface area contributed by atoms with Crippen molar-refractivity contribution in [1.82, 2.24) is 10.3 Å². The number of hydrogen-bond acceptors (Lipinski definition) is 7. The first-order valence-electron chi connectivity index (χ1n) is 7.35. The molecule has 0 saturated carbocycles. The van der Waals surface area contributed by atoms with Crippen molar-refractivity contribution in [3.63, 3.8) is 0 Å². The van der Waals surface area contributed by atoms with Crippen LogP contribution >= 0.6 is 22.9 Å². The number of carbonyl (C=O) groups excluding carboxylic acids is 1. The third-order valence-electron chi connectivity index (χ3n) is 3.14. The topological polar surface area (TPSA) is 101 Å². The quantitative estimate of drug-likeness (QED) is 0.372. The Hall–Kier alpha value is -1.46. The van der Waals surface area contributed by atoms with E-state index < -0.39 is 11.3 Å². The standard InChI is InChI=1S/C14H18ClN3O5S2/c1-3-23-11(19)8-16-6-7-18(25(20)21)14-17-13-10(24-14)5-4-9(22-2)12(13)15/h4-5,16H,3,6-8H2,1-2H3,(H,20,21). The molecule has 2 rings (SSSR count). The second-order valence-corrected chi connectivity index (χ2v) is 7.03. The molecule has 0 aliphatic carbocycles. The highest BCUT2D eigenvalue weighted by molar-refractivity contribution is 7.81. The summed E-state index contributed by atoms with van der Waals surface area (Å²) in [5.74, 6) is 0.108. The van der Waals surface area contributed by atoms with Crippen LogP contribution in [0, 0.1) is 0 Å². The van der Waals surface area contributed by atoms with E-state index in [9.17, 15) is 13.6 Å². The molecular formula is C14H18ClN3O5S2. The first kappa shape index (κ1) is 19.9. The Bertz CT molecular complexity index is 770. The van der Waals surface area contributed by atoms with Crippen molar-refractivity contribution in [2.45, 2.75) is 6.92 Å². The van der Waals surface area contributed by atoms with Crippen LogP contribution < -0.4 is 14.4 Å². The molecule has 0 bridgehead atoms. The number of rotatable bonds is 9. The molecule has 0 fully saturated rings. The number of aromatic nitrogens is 1. The van der Waals surface area contributed by atoms with Crippen LogP contribution in [0.15, 0.2) is 12.1 Å². The predicted molar refractivity (Wildman–Crippen MR) is 98.8 cm³/mol. The number of methoxy groups -OCH3 is 1. The number of thiazole rings is 1. The lowest BCUT2D eigenvalue weighted by Crippen LogP contribution is -2.35. The lowest BCUT2D eigenvalue weighted by Gasteiger charge is -2.16. The van der Waals surface area contributed by atoms with Gasteiger partial charge in [-0.05, 0) is 19.1 Å². The Morgan fingerprint density at radius 3 is 2.92 bits per heavy atom. The highest BCUT2D eigenvalue weighted by Crippen LogP contribution is 2.37. The number of ether oxygens (including phenoxy) is 2. The minimum absolute atomic E-state index is 0.0304. The van der Waals surface area contributed by atoms with Gasteiger partial charge >= 0.3 is 5.97 Å². The van der Waals surface area contributed by atoms with Crippen LogP contribution in [0.3, 0.4) is 0 Å². The first-order chi connectivity index (χ1) is 12.0. The fourth-order valence-electron chi connectivity index (χ4n) is 2.02. The summed E-state index contributed by atoms with van der Waals surface area (Å²) in [6, 6.07) is 3.51. The van der Waals surface area contributed by atoms with Crippen molar-refractivity contribution >= 4 is 55.5 Å². The van der Waals surface area contributed by atoms with Crippen molar-refractivity contribution < 1.29 is 23.0 Å².